The van der Waals surface area contributed by atoms with Crippen LogP contribution in [0.4, 0.5) is 5.69 Å². The van der Waals surface area contributed by atoms with Crippen LogP contribution in [-0.2, 0) is 10.2 Å². The molecule has 1 aromatic rings. The highest BCUT2D eigenvalue weighted by molar-refractivity contribution is 5.42. The molecule has 2 aliphatic rings. The number of benzene rings is 1. The third kappa shape index (κ3) is 1.85. The molecule has 17 heavy (non-hydrogen) atoms. The van der Waals surface area contributed by atoms with Crippen molar-refractivity contribution in [3.05, 3.63) is 29.8 Å². The van der Waals surface area contributed by atoms with Gasteiger partial charge in [-0.15, -0.1) is 0 Å². The molecule has 3 rings (SSSR count). The van der Waals surface area contributed by atoms with Crippen molar-refractivity contribution in [2.45, 2.75) is 37.5 Å². The fourth-order valence-electron chi connectivity index (χ4n) is 3.43. The molecule has 1 aliphatic heterocycles. The standard InChI is InChI=1S/C15H21NO/c16-14-8-6-13(7-9-14)15(10-17-11-15)12-4-2-1-3-5-12/h6-9,12H,1-5,10-11,16H2. The zero-order chi connectivity index (χ0) is 11.7. The number of nitrogens with two attached hydrogens (primary N) is 1. The minimum Gasteiger partial charge on any atom is -0.399 e. The Morgan fingerprint density at radius 1 is 1.00 bits per heavy atom. The van der Waals surface area contributed by atoms with Gasteiger partial charge in [-0.2, -0.15) is 0 Å². The van der Waals surface area contributed by atoms with Crippen LogP contribution in [0.3, 0.4) is 0 Å². The maximum Gasteiger partial charge on any atom is 0.0588 e. The first kappa shape index (κ1) is 11.1. The van der Waals surface area contributed by atoms with Crippen LogP contribution in [0.15, 0.2) is 24.3 Å². The molecule has 0 aromatic heterocycles. The molecule has 0 spiro atoms. The molecule has 0 bridgehead atoms. The highest BCUT2D eigenvalue weighted by Crippen LogP contribution is 2.46. The van der Waals surface area contributed by atoms with E-state index in [-0.39, 0.29) is 0 Å². The topological polar surface area (TPSA) is 35.2 Å². The van der Waals surface area contributed by atoms with E-state index < -0.39 is 0 Å². The molecule has 2 N–H and O–H groups in total. The van der Waals surface area contributed by atoms with Gasteiger partial charge in [-0.3, -0.25) is 0 Å². The van der Waals surface area contributed by atoms with E-state index in [1.807, 2.05) is 12.1 Å². The van der Waals surface area contributed by atoms with Crippen LogP contribution >= 0.6 is 0 Å². The summed E-state index contributed by atoms with van der Waals surface area (Å²) in [7, 11) is 0. The monoisotopic (exact) mass is 231 g/mol. The maximum atomic E-state index is 5.78. The van der Waals surface area contributed by atoms with Gasteiger partial charge in [0.15, 0.2) is 0 Å². The fourth-order valence-corrected chi connectivity index (χ4v) is 3.43. The van der Waals surface area contributed by atoms with Crippen LogP contribution in [0.25, 0.3) is 0 Å². The second kappa shape index (κ2) is 4.34. The molecular formula is C15H21NO. The van der Waals surface area contributed by atoms with Crippen molar-refractivity contribution in [2.24, 2.45) is 5.92 Å². The number of nitrogen functional groups attached to an aromatic ring is 1. The molecule has 0 radical (unpaired) electrons. The Morgan fingerprint density at radius 3 is 2.18 bits per heavy atom. The molecule has 0 amide bonds. The average molecular weight is 231 g/mol. The van der Waals surface area contributed by atoms with Crippen LogP contribution < -0.4 is 5.73 Å². The molecule has 1 aromatic carbocycles. The summed E-state index contributed by atoms with van der Waals surface area (Å²) in [5.74, 6) is 0.814. The summed E-state index contributed by atoms with van der Waals surface area (Å²) in [4.78, 5) is 0. The van der Waals surface area contributed by atoms with E-state index in [9.17, 15) is 0 Å². The second-order valence-corrected chi connectivity index (χ2v) is 5.61. The average Bonchev–Trinajstić information content (AvgIpc) is 2.32. The molecule has 0 atom stereocenters. The Kier molecular flexibility index (Phi) is 2.83. The molecule has 0 unspecified atom stereocenters. The lowest BCUT2D eigenvalue weighted by atomic mass is 9.64. The highest BCUT2D eigenvalue weighted by Gasteiger charge is 2.46. The van der Waals surface area contributed by atoms with E-state index in [1.165, 1.54) is 37.7 Å². The van der Waals surface area contributed by atoms with Gasteiger partial charge in [-0.05, 0) is 36.5 Å². The van der Waals surface area contributed by atoms with Crippen molar-refractivity contribution in [1.82, 2.24) is 0 Å². The normalized spacial score (nSPS) is 24.2. The SMILES string of the molecule is Nc1ccc(C2(C3CCCCC3)COC2)cc1. The van der Waals surface area contributed by atoms with Crippen LogP contribution in [0.2, 0.25) is 0 Å². The van der Waals surface area contributed by atoms with Gasteiger partial charge in [0.25, 0.3) is 0 Å². The first-order valence-corrected chi connectivity index (χ1v) is 6.75. The van der Waals surface area contributed by atoms with Gasteiger partial charge in [-0.1, -0.05) is 31.4 Å². The molecule has 2 nitrogen and oxygen atoms in total. The van der Waals surface area contributed by atoms with Crippen molar-refractivity contribution in [3.8, 4) is 0 Å². The molecule has 2 heteroatoms. The zero-order valence-electron chi connectivity index (χ0n) is 10.3. The first-order chi connectivity index (χ1) is 8.31. The van der Waals surface area contributed by atoms with Crippen molar-refractivity contribution in [1.29, 1.82) is 0 Å². The Hall–Kier alpha value is -1.02. The Balaban J connectivity index is 1.87. The number of ether oxygens (including phenoxy) is 1. The predicted octanol–water partition coefficient (Wildman–Crippen LogP) is 3.12. The van der Waals surface area contributed by atoms with Crippen LogP contribution in [-0.4, -0.2) is 13.2 Å². The molecule has 1 heterocycles. The lowest BCUT2D eigenvalue weighted by Gasteiger charge is -2.49. The van der Waals surface area contributed by atoms with Crippen molar-refractivity contribution in [2.75, 3.05) is 18.9 Å². The van der Waals surface area contributed by atoms with E-state index in [2.05, 4.69) is 12.1 Å². The summed E-state index contributed by atoms with van der Waals surface area (Å²) in [5, 5.41) is 0. The third-order valence-corrected chi connectivity index (χ3v) is 4.59. The van der Waals surface area contributed by atoms with E-state index in [4.69, 9.17) is 10.5 Å². The summed E-state index contributed by atoms with van der Waals surface area (Å²) in [6.45, 7) is 1.81. The van der Waals surface area contributed by atoms with E-state index in [0.29, 0.717) is 5.41 Å². The van der Waals surface area contributed by atoms with Crippen LogP contribution in [0.1, 0.15) is 37.7 Å². The van der Waals surface area contributed by atoms with E-state index in [0.717, 1.165) is 24.8 Å². The summed E-state index contributed by atoms with van der Waals surface area (Å²) in [6, 6.07) is 8.45. The summed E-state index contributed by atoms with van der Waals surface area (Å²) >= 11 is 0. The fraction of sp³-hybridized carbons (Fsp3) is 0.600. The highest BCUT2D eigenvalue weighted by atomic mass is 16.5. The Labute approximate surface area is 103 Å². The van der Waals surface area contributed by atoms with Gasteiger partial charge < -0.3 is 10.5 Å². The summed E-state index contributed by atoms with van der Waals surface area (Å²) in [6.07, 6.45) is 6.93. The molecule has 1 aliphatic carbocycles. The minimum absolute atomic E-state index is 0.300. The summed E-state index contributed by atoms with van der Waals surface area (Å²) in [5.41, 5.74) is 8.37. The largest absolute Gasteiger partial charge is 0.399 e. The van der Waals surface area contributed by atoms with E-state index >= 15 is 0 Å². The van der Waals surface area contributed by atoms with Gasteiger partial charge in [0, 0.05) is 11.1 Å². The molecule has 1 saturated carbocycles. The first-order valence-electron chi connectivity index (χ1n) is 6.75. The van der Waals surface area contributed by atoms with Crippen LogP contribution in [0, 0.1) is 5.92 Å². The molecule has 2 fully saturated rings. The Bertz CT molecular complexity index is 374. The number of anilines is 1. The van der Waals surface area contributed by atoms with Gasteiger partial charge >= 0.3 is 0 Å². The van der Waals surface area contributed by atoms with Gasteiger partial charge in [-0.25, -0.2) is 0 Å². The molecular weight excluding hydrogens is 210 g/mol. The summed E-state index contributed by atoms with van der Waals surface area (Å²) < 4.78 is 5.54. The number of hydrogen-bond donors (Lipinski definition) is 1. The molecule has 1 saturated heterocycles. The van der Waals surface area contributed by atoms with Crippen molar-refractivity contribution < 1.29 is 4.74 Å². The zero-order valence-corrected chi connectivity index (χ0v) is 10.3. The second-order valence-electron chi connectivity index (χ2n) is 5.61. The van der Waals surface area contributed by atoms with E-state index in [1.54, 1.807) is 0 Å². The quantitative estimate of drug-likeness (QED) is 0.794. The lowest BCUT2D eigenvalue weighted by molar-refractivity contribution is -0.0977. The van der Waals surface area contributed by atoms with Crippen LogP contribution in [0.5, 0.6) is 0 Å². The number of hydrogen-bond acceptors (Lipinski definition) is 2. The minimum atomic E-state index is 0.300. The van der Waals surface area contributed by atoms with Crippen molar-refractivity contribution in [3.63, 3.8) is 0 Å². The Morgan fingerprint density at radius 2 is 1.65 bits per heavy atom. The molecule has 92 valence electrons. The van der Waals surface area contributed by atoms with Gasteiger partial charge in [0.1, 0.15) is 0 Å². The maximum absolute atomic E-state index is 5.78. The lowest BCUT2D eigenvalue weighted by Crippen LogP contribution is -2.52. The third-order valence-electron chi connectivity index (χ3n) is 4.59. The van der Waals surface area contributed by atoms with Crippen molar-refractivity contribution >= 4 is 5.69 Å². The predicted molar refractivity (Wildman–Crippen MR) is 69.9 cm³/mol. The van der Waals surface area contributed by atoms with Gasteiger partial charge in [0.2, 0.25) is 0 Å². The smallest absolute Gasteiger partial charge is 0.0588 e. The number of rotatable bonds is 2. The van der Waals surface area contributed by atoms with Gasteiger partial charge in [0.05, 0.1) is 13.2 Å².